The van der Waals surface area contributed by atoms with E-state index in [1.54, 1.807) is 0 Å². The third kappa shape index (κ3) is 6.20. The standard InChI is InChI=1S/C20H26N2OS/c1-3-16(14-17-8-6-5-7-9-17)15-21-20(24)22-18-10-12-19(13-11-18)23-4-2/h5-13,16H,3-4,14-15H2,1-2H3,(H2,21,22,24)/t16-/m1/s1. The minimum Gasteiger partial charge on any atom is -0.494 e. The van der Waals surface area contributed by atoms with Gasteiger partial charge in [-0.05, 0) is 61.3 Å². The molecule has 3 nitrogen and oxygen atoms in total. The Labute approximate surface area is 150 Å². The van der Waals surface area contributed by atoms with Gasteiger partial charge in [-0.15, -0.1) is 0 Å². The number of nitrogens with one attached hydrogen (secondary N) is 2. The Morgan fingerprint density at radius 3 is 2.38 bits per heavy atom. The zero-order valence-corrected chi connectivity index (χ0v) is 15.2. The maximum Gasteiger partial charge on any atom is 0.170 e. The first kappa shape index (κ1) is 18.3. The fourth-order valence-corrected chi connectivity index (χ4v) is 2.72. The molecule has 0 aliphatic rings. The summed E-state index contributed by atoms with van der Waals surface area (Å²) >= 11 is 5.40. The average Bonchev–Trinajstić information content (AvgIpc) is 2.61. The number of thiocarbonyl (C=S) groups is 1. The van der Waals surface area contributed by atoms with Crippen LogP contribution in [0.1, 0.15) is 25.8 Å². The molecule has 2 rings (SSSR count). The lowest BCUT2D eigenvalue weighted by molar-refractivity contribution is 0.340. The van der Waals surface area contributed by atoms with Gasteiger partial charge >= 0.3 is 0 Å². The van der Waals surface area contributed by atoms with Gasteiger partial charge in [-0.25, -0.2) is 0 Å². The van der Waals surface area contributed by atoms with Crippen molar-refractivity contribution in [1.82, 2.24) is 5.32 Å². The Morgan fingerprint density at radius 2 is 1.75 bits per heavy atom. The summed E-state index contributed by atoms with van der Waals surface area (Å²) in [5.74, 6) is 1.43. The number of rotatable bonds is 8. The topological polar surface area (TPSA) is 33.3 Å². The molecule has 4 heteroatoms. The predicted octanol–water partition coefficient (Wildman–Crippen LogP) is 4.64. The minimum absolute atomic E-state index is 0.562. The molecule has 2 aromatic rings. The molecule has 0 amide bonds. The third-order valence-electron chi connectivity index (χ3n) is 3.92. The molecular formula is C20H26N2OS. The van der Waals surface area contributed by atoms with E-state index in [4.69, 9.17) is 17.0 Å². The molecule has 0 unspecified atom stereocenters. The van der Waals surface area contributed by atoms with Crippen LogP contribution >= 0.6 is 12.2 Å². The van der Waals surface area contributed by atoms with Crippen molar-refractivity contribution in [1.29, 1.82) is 0 Å². The highest BCUT2D eigenvalue weighted by Gasteiger charge is 2.08. The quantitative estimate of drug-likeness (QED) is 0.685. The average molecular weight is 343 g/mol. The first-order valence-corrected chi connectivity index (χ1v) is 8.93. The highest BCUT2D eigenvalue weighted by atomic mass is 32.1. The Hall–Kier alpha value is -2.07. The maximum absolute atomic E-state index is 5.44. The van der Waals surface area contributed by atoms with Crippen LogP contribution in [0.15, 0.2) is 54.6 Å². The summed E-state index contributed by atoms with van der Waals surface area (Å²) in [6.45, 7) is 5.74. The van der Waals surface area contributed by atoms with E-state index >= 15 is 0 Å². The number of hydrogen-bond donors (Lipinski definition) is 2. The molecule has 0 aliphatic carbocycles. The lowest BCUT2D eigenvalue weighted by atomic mass is 9.97. The highest BCUT2D eigenvalue weighted by Crippen LogP contribution is 2.16. The smallest absolute Gasteiger partial charge is 0.170 e. The lowest BCUT2D eigenvalue weighted by Gasteiger charge is -2.18. The van der Waals surface area contributed by atoms with E-state index in [0.717, 1.165) is 30.8 Å². The Bertz CT molecular complexity index is 613. The van der Waals surface area contributed by atoms with E-state index in [1.165, 1.54) is 5.56 Å². The van der Waals surface area contributed by atoms with Crippen LogP contribution < -0.4 is 15.4 Å². The Morgan fingerprint density at radius 1 is 1.04 bits per heavy atom. The van der Waals surface area contributed by atoms with Crippen LogP contribution in [0.5, 0.6) is 5.75 Å². The molecule has 0 saturated carbocycles. The minimum atomic E-state index is 0.562. The summed E-state index contributed by atoms with van der Waals surface area (Å²) in [6, 6.07) is 18.4. The van der Waals surface area contributed by atoms with Crippen molar-refractivity contribution in [3.8, 4) is 5.75 Å². The van der Waals surface area contributed by atoms with Gasteiger partial charge in [0.25, 0.3) is 0 Å². The normalized spacial score (nSPS) is 11.6. The summed E-state index contributed by atoms with van der Waals surface area (Å²) in [5.41, 5.74) is 2.34. The van der Waals surface area contributed by atoms with E-state index in [2.05, 4.69) is 47.9 Å². The van der Waals surface area contributed by atoms with Gasteiger partial charge in [0.1, 0.15) is 5.75 Å². The van der Waals surface area contributed by atoms with Crippen molar-refractivity contribution in [2.24, 2.45) is 5.92 Å². The van der Waals surface area contributed by atoms with Crippen molar-refractivity contribution in [2.75, 3.05) is 18.5 Å². The summed E-state index contributed by atoms with van der Waals surface area (Å²) in [6.07, 6.45) is 2.18. The first-order chi connectivity index (χ1) is 11.7. The van der Waals surface area contributed by atoms with Gasteiger partial charge < -0.3 is 15.4 Å². The van der Waals surface area contributed by atoms with Crippen molar-refractivity contribution in [2.45, 2.75) is 26.7 Å². The van der Waals surface area contributed by atoms with Gasteiger partial charge in [-0.3, -0.25) is 0 Å². The molecule has 0 aromatic heterocycles. The molecule has 24 heavy (non-hydrogen) atoms. The Kier molecular flexibility index (Phi) is 7.56. The fourth-order valence-electron chi connectivity index (χ4n) is 2.52. The third-order valence-corrected chi connectivity index (χ3v) is 4.17. The van der Waals surface area contributed by atoms with Crippen molar-refractivity contribution in [3.05, 3.63) is 60.2 Å². The van der Waals surface area contributed by atoms with E-state index in [9.17, 15) is 0 Å². The maximum atomic E-state index is 5.44. The van der Waals surface area contributed by atoms with Gasteiger partial charge in [0.15, 0.2) is 5.11 Å². The number of benzene rings is 2. The van der Waals surface area contributed by atoms with Gasteiger partial charge in [-0.2, -0.15) is 0 Å². The van der Waals surface area contributed by atoms with Gasteiger partial charge in [0, 0.05) is 12.2 Å². The van der Waals surface area contributed by atoms with Crippen LogP contribution in [0.25, 0.3) is 0 Å². The molecule has 0 heterocycles. The monoisotopic (exact) mass is 342 g/mol. The largest absolute Gasteiger partial charge is 0.494 e. The van der Waals surface area contributed by atoms with Gasteiger partial charge in [0.05, 0.1) is 6.61 Å². The molecular weight excluding hydrogens is 316 g/mol. The summed E-state index contributed by atoms with van der Waals surface area (Å²) in [5, 5.41) is 7.21. The van der Waals surface area contributed by atoms with Gasteiger partial charge in [-0.1, -0.05) is 43.7 Å². The van der Waals surface area contributed by atoms with Crippen molar-refractivity contribution >= 4 is 23.0 Å². The predicted molar refractivity (Wildman–Crippen MR) is 106 cm³/mol. The molecule has 0 spiro atoms. The van der Waals surface area contributed by atoms with Crippen molar-refractivity contribution < 1.29 is 4.74 Å². The van der Waals surface area contributed by atoms with Crippen LogP contribution in [0, 0.1) is 5.92 Å². The fraction of sp³-hybridized carbons (Fsp3) is 0.350. The summed E-state index contributed by atoms with van der Waals surface area (Å²) in [4.78, 5) is 0. The van der Waals surface area contributed by atoms with Crippen LogP contribution in [-0.2, 0) is 6.42 Å². The molecule has 1 atom stereocenters. The van der Waals surface area contributed by atoms with Crippen LogP contribution in [-0.4, -0.2) is 18.3 Å². The second kappa shape index (κ2) is 9.93. The van der Waals surface area contributed by atoms with Crippen LogP contribution in [0.3, 0.4) is 0 Å². The van der Waals surface area contributed by atoms with Crippen LogP contribution in [0.4, 0.5) is 5.69 Å². The molecule has 0 bridgehead atoms. The number of hydrogen-bond acceptors (Lipinski definition) is 2. The zero-order valence-electron chi connectivity index (χ0n) is 14.4. The molecule has 128 valence electrons. The Balaban J connectivity index is 1.78. The van der Waals surface area contributed by atoms with E-state index in [-0.39, 0.29) is 0 Å². The highest BCUT2D eigenvalue weighted by molar-refractivity contribution is 7.80. The van der Waals surface area contributed by atoms with E-state index in [0.29, 0.717) is 17.6 Å². The summed E-state index contributed by atoms with van der Waals surface area (Å²) < 4.78 is 5.44. The molecule has 0 saturated heterocycles. The van der Waals surface area contributed by atoms with E-state index < -0.39 is 0 Å². The molecule has 0 radical (unpaired) electrons. The zero-order chi connectivity index (χ0) is 17.2. The van der Waals surface area contributed by atoms with Crippen molar-refractivity contribution in [3.63, 3.8) is 0 Å². The van der Waals surface area contributed by atoms with Crippen LogP contribution in [0.2, 0.25) is 0 Å². The van der Waals surface area contributed by atoms with E-state index in [1.807, 2.05) is 31.2 Å². The number of anilines is 1. The van der Waals surface area contributed by atoms with Gasteiger partial charge in [0.2, 0.25) is 0 Å². The molecule has 0 fully saturated rings. The SMILES string of the molecule is CCOc1ccc(NC(=S)NC[C@H](CC)Cc2ccccc2)cc1. The lowest BCUT2D eigenvalue weighted by Crippen LogP contribution is -2.33. The summed E-state index contributed by atoms with van der Waals surface area (Å²) in [7, 11) is 0. The second-order valence-electron chi connectivity index (χ2n) is 5.76. The molecule has 0 aliphatic heterocycles. The first-order valence-electron chi connectivity index (χ1n) is 8.53. The second-order valence-corrected chi connectivity index (χ2v) is 6.16. The molecule has 2 N–H and O–H groups in total. The number of ether oxygens (including phenoxy) is 1. The molecule has 2 aromatic carbocycles.